The zero-order chi connectivity index (χ0) is 13.6. The van der Waals surface area contributed by atoms with E-state index in [0.29, 0.717) is 5.84 Å². The van der Waals surface area contributed by atoms with Crippen LogP contribution in [0, 0.1) is 11.3 Å². The Labute approximate surface area is 108 Å². The summed E-state index contributed by atoms with van der Waals surface area (Å²) >= 11 is 0. The lowest BCUT2D eigenvalue weighted by Gasteiger charge is -2.34. The second kappa shape index (κ2) is 4.55. The maximum absolute atomic E-state index is 13.7. The van der Waals surface area contributed by atoms with Crippen molar-refractivity contribution in [1.29, 1.82) is 5.41 Å². The monoisotopic (exact) mass is 270 g/mol. The van der Waals surface area contributed by atoms with Crippen LogP contribution >= 0.6 is 0 Å². The molecule has 2 unspecified atom stereocenters. The summed E-state index contributed by atoms with van der Waals surface area (Å²) in [6.45, 7) is -0.485. The number of rotatable bonds is 2. The molecule has 0 aromatic carbocycles. The molecular formula is C11H15FN4O3. The lowest BCUT2D eigenvalue weighted by Crippen LogP contribution is -2.49. The first-order chi connectivity index (χ1) is 9.13. The molecular weight excluding hydrogens is 255 g/mol. The van der Waals surface area contributed by atoms with E-state index in [2.05, 4.69) is 10.3 Å². The number of hydrogen-bond donors (Lipinski definition) is 4. The number of ether oxygens (including phenoxy) is 1. The van der Waals surface area contributed by atoms with Crippen molar-refractivity contribution in [2.24, 2.45) is 10.9 Å². The highest BCUT2D eigenvalue weighted by Crippen LogP contribution is 2.33. The van der Waals surface area contributed by atoms with Gasteiger partial charge < -0.3 is 25.2 Å². The molecule has 4 N–H and O–H groups in total. The van der Waals surface area contributed by atoms with Gasteiger partial charge in [0.15, 0.2) is 12.4 Å². The standard InChI is InChI=1S/C11H15FN4O3/c12-7-6(3-17)19-11(8(7)18)16-2-1-5-9(13)14-4-15-10(5)16/h1-2,4-8,10-11,17-18H,3H2,(H2,13,14,15)/t5?,6-,7+,8-,10?,11-/m1/s1. The average Bonchev–Trinajstić information content (AvgIpc) is 2.94. The molecule has 0 aromatic rings. The van der Waals surface area contributed by atoms with Crippen molar-refractivity contribution >= 4 is 12.2 Å². The summed E-state index contributed by atoms with van der Waals surface area (Å²) in [6.07, 6.45) is -0.522. The van der Waals surface area contributed by atoms with Crippen molar-refractivity contribution in [3.63, 3.8) is 0 Å². The van der Waals surface area contributed by atoms with Gasteiger partial charge in [0, 0.05) is 6.20 Å². The van der Waals surface area contributed by atoms with Crippen LogP contribution in [0.3, 0.4) is 0 Å². The Bertz CT molecular complexity index is 444. The van der Waals surface area contributed by atoms with Gasteiger partial charge in [-0.25, -0.2) is 9.38 Å². The highest BCUT2D eigenvalue weighted by molar-refractivity contribution is 5.95. The van der Waals surface area contributed by atoms with E-state index >= 15 is 0 Å². The van der Waals surface area contributed by atoms with Crippen molar-refractivity contribution < 1.29 is 19.3 Å². The fourth-order valence-electron chi connectivity index (χ4n) is 2.60. The van der Waals surface area contributed by atoms with Crippen LogP contribution in [0.25, 0.3) is 0 Å². The van der Waals surface area contributed by atoms with Crippen LogP contribution in [0.15, 0.2) is 17.3 Å². The summed E-state index contributed by atoms with van der Waals surface area (Å²) in [7, 11) is 0. The maximum Gasteiger partial charge on any atom is 0.161 e. The third-order valence-corrected chi connectivity index (χ3v) is 3.63. The molecule has 0 saturated carbocycles. The van der Waals surface area contributed by atoms with Gasteiger partial charge in [0.05, 0.1) is 18.9 Å². The summed E-state index contributed by atoms with van der Waals surface area (Å²) in [4.78, 5) is 5.78. The van der Waals surface area contributed by atoms with Crippen LogP contribution in [0.2, 0.25) is 0 Å². The van der Waals surface area contributed by atoms with Gasteiger partial charge in [-0.3, -0.25) is 5.41 Å². The highest BCUT2D eigenvalue weighted by atomic mass is 19.1. The molecule has 3 rings (SSSR count). The van der Waals surface area contributed by atoms with E-state index in [4.69, 9.17) is 15.3 Å². The van der Waals surface area contributed by atoms with E-state index < -0.39 is 37.4 Å². The normalized spacial score (nSPS) is 44.6. The molecule has 3 heterocycles. The Morgan fingerprint density at radius 1 is 1.58 bits per heavy atom. The molecule has 0 bridgehead atoms. The van der Waals surface area contributed by atoms with Crippen LogP contribution in [-0.4, -0.2) is 64.7 Å². The zero-order valence-corrected chi connectivity index (χ0v) is 9.98. The van der Waals surface area contributed by atoms with Crippen LogP contribution in [0.5, 0.6) is 0 Å². The van der Waals surface area contributed by atoms with E-state index in [1.54, 1.807) is 17.2 Å². The molecule has 1 saturated heterocycles. The van der Waals surface area contributed by atoms with E-state index in [-0.39, 0.29) is 5.92 Å². The molecule has 6 atom stereocenters. The molecule has 19 heavy (non-hydrogen) atoms. The topological polar surface area (TPSA) is 101 Å². The first-order valence-corrected chi connectivity index (χ1v) is 6.04. The first kappa shape index (κ1) is 12.5. The number of nitrogens with one attached hydrogen (secondary N) is 2. The molecule has 3 aliphatic rings. The molecule has 0 aliphatic carbocycles. The number of amidine groups is 1. The lowest BCUT2D eigenvalue weighted by molar-refractivity contribution is -0.0898. The smallest absolute Gasteiger partial charge is 0.161 e. The van der Waals surface area contributed by atoms with Gasteiger partial charge in [-0.2, -0.15) is 0 Å². The third kappa shape index (κ3) is 1.83. The van der Waals surface area contributed by atoms with Gasteiger partial charge in [-0.05, 0) is 0 Å². The van der Waals surface area contributed by atoms with Crippen molar-refractivity contribution in [2.45, 2.75) is 30.8 Å². The Balaban J connectivity index is 1.81. The number of aliphatic hydroxyl groups is 2. The molecule has 0 spiro atoms. The second-order valence-corrected chi connectivity index (χ2v) is 4.75. The number of aliphatic hydroxyl groups excluding tert-OH is 2. The summed E-state index contributed by atoms with van der Waals surface area (Å²) in [5.41, 5.74) is 0. The molecule has 104 valence electrons. The lowest BCUT2D eigenvalue weighted by atomic mass is 10.1. The predicted octanol–water partition coefficient (Wildman–Crippen LogP) is -1.22. The van der Waals surface area contributed by atoms with Crippen molar-refractivity contribution in [3.05, 3.63) is 12.3 Å². The zero-order valence-electron chi connectivity index (χ0n) is 9.98. The maximum atomic E-state index is 13.7. The van der Waals surface area contributed by atoms with Crippen LogP contribution in [-0.2, 0) is 4.74 Å². The summed E-state index contributed by atoms with van der Waals surface area (Å²) in [6, 6.07) is 0. The van der Waals surface area contributed by atoms with Gasteiger partial charge in [0.1, 0.15) is 24.2 Å². The van der Waals surface area contributed by atoms with Crippen LogP contribution in [0.4, 0.5) is 4.39 Å². The molecule has 3 aliphatic heterocycles. The van der Waals surface area contributed by atoms with E-state index in [1.807, 2.05) is 0 Å². The van der Waals surface area contributed by atoms with Crippen molar-refractivity contribution in [3.8, 4) is 0 Å². The number of hydrogen-bond acceptors (Lipinski definition) is 6. The average molecular weight is 270 g/mol. The SMILES string of the molecule is N=C1NC=NC2C1C=CN2[C@@H]1O[C@H](CO)[C@H](F)[C@H]1O. The quantitative estimate of drug-likeness (QED) is 0.504. The van der Waals surface area contributed by atoms with Crippen molar-refractivity contribution in [2.75, 3.05) is 6.61 Å². The van der Waals surface area contributed by atoms with E-state index in [9.17, 15) is 9.50 Å². The summed E-state index contributed by atoms with van der Waals surface area (Å²) in [5.74, 6) is 0.0359. The van der Waals surface area contributed by atoms with Gasteiger partial charge in [-0.1, -0.05) is 6.08 Å². The highest BCUT2D eigenvalue weighted by Gasteiger charge is 2.49. The fraction of sp³-hybridized carbons (Fsp3) is 0.636. The summed E-state index contributed by atoms with van der Waals surface area (Å²) < 4.78 is 19.0. The first-order valence-electron chi connectivity index (χ1n) is 6.04. The largest absolute Gasteiger partial charge is 0.394 e. The van der Waals surface area contributed by atoms with Gasteiger partial charge in [0.2, 0.25) is 0 Å². The Morgan fingerprint density at radius 3 is 3.05 bits per heavy atom. The third-order valence-electron chi connectivity index (χ3n) is 3.63. The van der Waals surface area contributed by atoms with Crippen LogP contribution < -0.4 is 5.32 Å². The molecule has 0 aromatic heterocycles. The van der Waals surface area contributed by atoms with Crippen molar-refractivity contribution in [1.82, 2.24) is 10.2 Å². The van der Waals surface area contributed by atoms with E-state index in [1.165, 1.54) is 6.34 Å². The molecule has 8 heteroatoms. The number of halogens is 1. The predicted molar refractivity (Wildman–Crippen MR) is 64.3 cm³/mol. The van der Waals surface area contributed by atoms with Gasteiger partial charge in [-0.15, -0.1) is 0 Å². The minimum atomic E-state index is -1.63. The van der Waals surface area contributed by atoms with Gasteiger partial charge >= 0.3 is 0 Å². The Morgan fingerprint density at radius 2 is 2.37 bits per heavy atom. The van der Waals surface area contributed by atoms with E-state index in [0.717, 1.165) is 0 Å². The Hall–Kier alpha value is -1.51. The number of fused-ring (bicyclic) bond motifs is 1. The summed E-state index contributed by atoms with van der Waals surface area (Å²) in [5, 5.41) is 29.3. The molecule has 0 amide bonds. The number of nitrogens with zero attached hydrogens (tertiary/aromatic N) is 2. The minimum Gasteiger partial charge on any atom is -0.394 e. The van der Waals surface area contributed by atoms with Crippen LogP contribution in [0.1, 0.15) is 0 Å². The second-order valence-electron chi connectivity index (χ2n) is 4.75. The number of alkyl halides is 1. The molecule has 7 nitrogen and oxygen atoms in total. The molecule has 0 radical (unpaired) electrons. The number of aliphatic imine (C=N–C) groups is 1. The Kier molecular flexibility index (Phi) is 3.00. The minimum absolute atomic E-state index is 0.257. The molecule has 1 fully saturated rings. The fourth-order valence-corrected chi connectivity index (χ4v) is 2.60. The van der Waals surface area contributed by atoms with Gasteiger partial charge in [0.25, 0.3) is 0 Å².